The largest absolute Gasteiger partial charge is 0.483 e. The lowest BCUT2D eigenvalue weighted by atomic mass is 10.1. The molecule has 5 nitrogen and oxygen atoms in total. The summed E-state index contributed by atoms with van der Waals surface area (Å²) in [7, 11) is 0. The molecule has 2 rings (SSSR count). The summed E-state index contributed by atoms with van der Waals surface area (Å²) in [6.07, 6.45) is 0.509. The van der Waals surface area contributed by atoms with E-state index in [2.05, 4.69) is 5.32 Å². The molecule has 2 aromatic carbocycles. The maximum Gasteiger partial charge on any atom is 0.261 e. The normalized spacial score (nSPS) is 11.6. The van der Waals surface area contributed by atoms with E-state index in [-0.39, 0.29) is 18.4 Å². The van der Waals surface area contributed by atoms with Crippen molar-refractivity contribution in [1.29, 1.82) is 0 Å². The second kappa shape index (κ2) is 10.9. The molecule has 0 heterocycles. The molecule has 0 aliphatic carbocycles. The fourth-order valence-electron chi connectivity index (χ4n) is 3.08. The Labute approximate surface area is 178 Å². The smallest absolute Gasteiger partial charge is 0.261 e. The van der Waals surface area contributed by atoms with Crippen LogP contribution in [0.1, 0.15) is 37.0 Å². The summed E-state index contributed by atoms with van der Waals surface area (Å²) in [5.74, 6) is 0.277. The van der Waals surface area contributed by atoms with Crippen LogP contribution in [-0.4, -0.2) is 35.9 Å². The highest BCUT2D eigenvalue weighted by molar-refractivity contribution is 6.30. The second-order valence-electron chi connectivity index (χ2n) is 7.02. The molecular weight excluding hydrogens is 388 g/mol. The third-order valence-corrected chi connectivity index (χ3v) is 4.95. The van der Waals surface area contributed by atoms with Gasteiger partial charge in [-0.25, -0.2) is 0 Å². The average molecular weight is 417 g/mol. The molecule has 2 amide bonds. The maximum absolute atomic E-state index is 13.1. The molecule has 0 fully saturated rings. The standard InChI is InChI=1S/C23H29ClN2O3/c1-5-20(23(28)25-6-2)26(14-18-9-11-19(24)12-10-18)22(27)15-29-21-13-16(3)7-8-17(21)4/h7-13,20H,5-6,14-15H2,1-4H3,(H,25,28)/t20-/m1/s1. The number of nitrogens with zero attached hydrogens (tertiary/aromatic N) is 1. The first-order valence-electron chi connectivity index (χ1n) is 9.87. The highest BCUT2D eigenvalue weighted by atomic mass is 35.5. The first kappa shape index (κ1) is 22.8. The van der Waals surface area contributed by atoms with E-state index >= 15 is 0 Å². The number of hydrogen-bond acceptors (Lipinski definition) is 3. The molecule has 0 aliphatic rings. The lowest BCUT2D eigenvalue weighted by Crippen LogP contribution is -2.50. The molecule has 0 bridgehead atoms. The highest BCUT2D eigenvalue weighted by Crippen LogP contribution is 2.20. The zero-order valence-corrected chi connectivity index (χ0v) is 18.3. The third kappa shape index (κ3) is 6.50. The van der Waals surface area contributed by atoms with E-state index in [1.807, 2.05) is 58.0 Å². The minimum Gasteiger partial charge on any atom is -0.483 e. The van der Waals surface area contributed by atoms with Crippen LogP contribution in [0.5, 0.6) is 5.75 Å². The number of benzene rings is 2. The molecule has 1 atom stereocenters. The Balaban J connectivity index is 2.21. The van der Waals surface area contributed by atoms with Gasteiger partial charge in [0, 0.05) is 18.1 Å². The maximum atomic E-state index is 13.1. The number of halogens is 1. The van der Waals surface area contributed by atoms with Crippen LogP contribution < -0.4 is 10.1 Å². The third-order valence-electron chi connectivity index (χ3n) is 4.70. The fourth-order valence-corrected chi connectivity index (χ4v) is 3.21. The van der Waals surface area contributed by atoms with E-state index in [9.17, 15) is 9.59 Å². The zero-order valence-electron chi connectivity index (χ0n) is 17.5. The van der Waals surface area contributed by atoms with Gasteiger partial charge in [-0.15, -0.1) is 0 Å². The van der Waals surface area contributed by atoms with E-state index in [0.717, 1.165) is 16.7 Å². The molecule has 2 aromatic rings. The van der Waals surface area contributed by atoms with Gasteiger partial charge in [0.25, 0.3) is 5.91 Å². The number of amides is 2. The Morgan fingerprint density at radius 2 is 1.79 bits per heavy atom. The summed E-state index contributed by atoms with van der Waals surface area (Å²) in [6, 6.07) is 12.6. The molecule has 0 unspecified atom stereocenters. The van der Waals surface area contributed by atoms with Crippen molar-refractivity contribution >= 4 is 23.4 Å². The van der Waals surface area contributed by atoms with E-state index in [4.69, 9.17) is 16.3 Å². The van der Waals surface area contributed by atoms with Crippen molar-refractivity contribution in [1.82, 2.24) is 10.2 Å². The number of rotatable bonds is 9. The van der Waals surface area contributed by atoms with Crippen molar-refractivity contribution in [3.05, 3.63) is 64.2 Å². The van der Waals surface area contributed by atoms with E-state index < -0.39 is 6.04 Å². The number of carbonyl (C=O) groups excluding carboxylic acids is 2. The van der Waals surface area contributed by atoms with Crippen molar-refractivity contribution in [2.24, 2.45) is 0 Å². The number of hydrogen-bond donors (Lipinski definition) is 1. The van der Waals surface area contributed by atoms with E-state index in [1.54, 1.807) is 17.0 Å². The van der Waals surface area contributed by atoms with Crippen molar-refractivity contribution < 1.29 is 14.3 Å². The Kier molecular flexibility index (Phi) is 8.52. The molecule has 156 valence electrons. The Hall–Kier alpha value is -2.53. The monoisotopic (exact) mass is 416 g/mol. The number of ether oxygens (including phenoxy) is 1. The molecule has 0 aliphatic heterocycles. The number of aryl methyl sites for hydroxylation is 2. The lowest BCUT2D eigenvalue weighted by molar-refractivity contribution is -0.142. The van der Waals surface area contributed by atoms with Gasteiger partial charge in [0.05, 0.1) is 0 Å². The predicted octanol–water partition coefficient (Wildman–Crippen LogP) is 4.28. The van der Waals surface area contributed by atoms with Crippen LogP contribution in [-0.2, 0) is 16.1 Å². The summed E-state index contributed by atoms with van der Waals surface area (Å²) in [6.45, 7) is 8.36. The van der Waals surface area contributed by atoms with Crippen LogP contribution in [0.4, 0.5) is 0 Å². The summed E-state index contributed by atoms with van der Waals surface area (Å²) < 4.78 is 5.81. The highest BCUT2D eigenvalue weighted by Gasteiger charge is 2.28. The molecule has 29 heavy (non-hydrogen) atoms. The van der Waals surface area contributed by atoms with Crippen LogP contribution >= 0.6 is 11.6 Å². The summed E-state index contributed by atoms with van der Waals surface area (Å²) in [4.78, 5) is 27.2. The molecular formula is C23H29ClN2O3. The van der Waals surface area contributed by atoms with Crippen LogP contribution in [0.15, 0.2) is 42.5 Å². The van der Waals surface area contributed by atoms with E-state index in [1.165, 1.54) is 0 Å². The van der Waals surface area contributed by atoms with Crippen LogP contribution in [0.25, 0.3) is 0 Å². The van der Waals surface area contributed by atoms with Gasteiger partial charge >= 0.3 is 0 Å². The van der Waals surface area contributed by atoms with Crippen molar-refractivity contribution in [2.45, 2.75) is 46.7 Å². The van der Waals surface area contributed by atoms with Crippen molar-refractivity contribution in [3.8, 4) is 5.75 Å². The predicted molar refractivity (Wildman–Crippen MR) is 116 cm³/mol. The summed E-state index contributed by atoms with van der Waals surface area (Å²) in [5, 5.41) is 3.45. The molecule has 6 heteroatoms. The Morgan fingerprint density at radius 3 is 2.41 bits per heavy atom. The lowest BCUT2D eigenvalue weighted by Gasteiger charge is -2.30. The van der Waals surface area contributed by atoms with Gasteiger partial charge in [0.1, 0.15) is 11.8 Å². The van der Waals surface area contributed by atoms with Crippen molar-refractivity contribution in [2.75, 3.05) is 13.2 Å². The van der Waals surface area contributed by atoms with Gasteiger partial charge in [0.2, 0.25) is 5.91 Å². The minimum absolute atomic E-state index is 0.131. The number of nitrogens with one attached hydrogen (secondary N) is 1. The van der Waals surface area contributed by atoms with Gasteiger partial charge in [-0.05, 0) is 62.1 Å². The van der Waals surface area contributed by atoms with Crippen molar-refractivity contribution in [3.63, 3.8) is 0 Å². The Morgan fingerprint density at radius 1 is 1.10 bits per heavy atom. The van der Waals surface area contributed by atoms with Gasteiger partial charge in [0.15, 0.2) is 6.61 Å². The Bertz CT molecular complexity index is 837. The molecule has 0 aromatic heterocycles. The number of likely N-dealkylation sites (N-methyl/N-ethyl adjacent to an activating group) is 1. The van der Waals surface area contributed by atoms with Crippen LogP contribution in [0.3, 0.4) is 0 Å². The quantitative estimate of drug-likeness (QED) is 0.663. The van der Waals surface area contributed by atoms with Gasteiger partial charge in [-0.3, -0.25) is 9.59 Å². The summed E-state index contributed by atoms with van der Waals surface area (Å²) in [5.41, 5.74) is 2.92. The first-order valence-corrected chi connectivity index (χ1v) is 10.2. The molecule has 0 saturated heterocycles. The second-order valence-corrected chi connectivity index (χ2v) is 7.46. The van der Waals surface area contributed by atoms with Crippen LogP contribution in [0.2, 0.25) is 5.02 Å². The average Bonchev–Trinajstić information content (AvgIpc) is 2.70. The topological polar surface area (TPSA) is 58.6 Å². The molecule has 0 spiro atoms. The summed E-state index contributed by atoms with van der Waals surface area (Å²) >= 11 is 5.97. The zero-order chi connectivity index (χ0) is 21.4. The first-order chi connectivity index (χ1) is 13.8. The van der Waals surface area contributed by atoms with Crippen LogP contribution in [0, 0.1) is 13.8 Å². The molecule has 1 N–H and O–H groups in total. The number of carbonyl (C=O) groups is 2. The van der Waals surface area contributed by atoms with Gasteiger partial charge in [-0.1, -0.05) is 42.8 Å². The van der Waals surface area contributed by atoms with Gasteiger partial charge in [-0.2, -0.15) is 0 Å². The molecule has 0 radical (unpaired) electrons. The minimum atomic E-state index is -0.569. The van der Waals surface area contributed by atoms with E-state index in [0.29, 0.717) is 30.3 Å². The molecule has 0 saturated carbocycles. The van der Waals surface area contributed by atoms with Gasteiger partial charge < -0.3 is 15.0 Å². The fraction of sp³-hybridized carbons (Fsp3) is 0.391. The SMILES string of the molecule is CCNC(=O)[C@@H](CC)N(Cc1ccc(Cl)cc1)C(=O)COc1cc(C)ccc1C.